The van der Waals surface area contributed by atoms with E-state index in [0.29, 0.717) is 5.91 Å². The highest BCUT2D eigenvalue weighted by Crippen LogP contribution is 2.42. The number of hydrogen-bond acceptors (Lipinski definition) is 3. The van der Waals surface area contributed by atoms with Crippen LogP contribution in [-0.2, 0) is 17.8 Å². The second-order valence-corrected chi connectivity index (χ2v) is 7.76. The lowest BCUT2D eigenvalue weighted by molar-refractivity contribution is -0.146. The van der Waals surface area contributed by atoms with E-state index in [-0.39, 0.29) is 5.41 Å². The van der Waals surface area contributed by atoms with Gasteiger partial charge in [-0.05, 0) is 56.7 Å². The zero-order valence-electron chi connectivity index (χ0n) is 14.2. The van der Waals surface area contributed by atoms with E-state index >= 15 is 0 Å². The predicted molar refractivity (Wildman–Crippen MR) is 89.0 cm³/mol. The monoisotopic (exact) mass is 316 g/mol. The summed E-state index contributed by atoms with van der Waals surface area (Å²) in [6.45, 7) is 6.88. The van der Waals surface area contributed by atoms with E-state index in [9.17, 15) is 4.79 Å². The summed E-state index contributed by atoms with van der Waals surface area (Å²) in [7, 11) is 0. The maximum Gasteiger partial charge on any atom is 0.230 e. The van der Waals surface area contributed by atoms with E-state index in [1.54, 1.807) is 0 Å². The molecule has 0 radical (unpaired) electrons. The molecule has 0 N–H and O–H groups in total. The Kier molecular flexibility index (Phi) is 3.96. The van der Waals surface area contributed by atoms with Crippen LogP contribution >= 0.6 is 0 Å². The standard InChI is InChI=1S/C19H28N2O2/c1-2-16-6-7-17(23-16)13-20-11-9-19(14-20)8-3-10-21(18(19)22)12-15-4-5-15/h6-7,15H,2-5,8-14H2,1H3/t19-/m1/s1. The Morgan fingerprint density at radius 2 is 2.04 bits per heavy atom. The molecule has 4 rings (SSSR count). The van der Waals surface area contributed by atoms with Crippen LogP contribution in [0.4, 0.5) is 0 Å². The molecule has 0 aromatic carbocycles. The van der Waals surface area contributed by atoms with Gasteiger partial charge >= 0.3 is 0 Å². The Hall–Kier alpha value is -1.29. The minimum absolute atomic E-state index is 0.104. The molecule has 0 bridgehead atoms. The minimum Gasteiger partial charge on any atom is -0.465 e. The smallest absolute Gasteiger partial charge is 0.230 e. The van der Waals surface area contributed by atoms with E-state index in [1.807, 2.05) is 0 Å². The van der Waals surface area contributed by atoms with E-state index in [2.05, 4.69) is 28.9 Å². The number of nitrogens with zero attached hydrogens (tertiary/aromatic N) is 2. The topological polar surface area (TPSA) is 36.7 Å². The molecule has 0 unspecified atom stereocenters. The lowest BCUT2D eigenvalue weighted by Gasteiger charge is -2.39. The number of amides is 1. The molecule has 2 saturated heterocycles. The molecule has 1 saturated carbocycles. The second-order valence-electron chi connectivity index (χ2n) is 7.76. The molecule has 1 amide bonds. The van der Waals surface area contributed by atoms with Gasteiger partial charge in [-0.2, -0.15) is 0 Å². The van der Waals surface area contributed by atoms with Gasteiger partial charge in [-0.25, -0.2) is 0 Å². The lowest BCUT2D eigenvalue weighted by Crippen LogP contribution is -2.50. The van der Waals surface area contributed by atoms with Crippen LogP contribution in [-0.4, -0.2) is 41.9 Å². The first kappa shape index (κ1) is 15.3. The summed E-state index contributed by atoms with van der Waals surface area (Å²) in [4.78, 5) is 17.6. The summed E-state index contributed by atoms with van der Waals surface area (Å²) in [5, 5.41) is 0. The van der Waals surface area contributed by atoms with Crippen LogP contribution in [0.1, 0.15) is 50.5 Å². The summed E-state index contributed by atoms with van der Waals surface area (Å²) < 4.78 is 5.84. The van der Waals surface area contributed by atoms with Crippen LogP contribution in [0.15, 0.2) is 16.5 Å². The van der Waals surface area contributed by atoms with Gasteiger partial charge in [0, 0.05) is 26.1 Å². The largest absolute Gasteiger partial charge is 0.465 e. The van der Waals surface area contributed by atoms with E-state index in [4.69, 9.17) is 4.42 Å². The van der Waals surface area contributed by atoms with Gasteiger partial charge in [-0.15, -0.1) is 0 Å². The molecule has 2 aliphatic heterocycles. The fourth-order valence-electron chi connectivity index (χ4n) is 4.33. The highest BCUT2D eigenvalue weighted by atomic mass is 16.3. The fraction of sp³-hybridized carbons (Fsp3) is 0.737. The molecular weight excluding hydrogens is 288 g/mol. The molecule has 3 fully saturated rings. The number of carbonyl (C=O) groups is 1. The lowest BCUT2D eigenvalue weighted by atomic mass is 9.78. The van der Waals surface area contributed by atoms with Crippen molar-refractivity contribution in [1.29, 1.82) is 0 Å². The molecule has 3 heterocycles. The summed E-state index contributed by atoms with van der Waals surface area (Å²) in [5.74, 6) is 3.32. The van der Waals surface area contributed by atoms with Gasteiger partial charge in [0.05, 0.1) is 12.0 Å². The molecule has 4 nitrogen and oxygen atoms in total. The normalized spacial score (nSPS) is 28.9. The van der Waals surface area contributed by atoms with Gasteiger partial charge in [0.1, 0.15) is 11.5 Å². The van der Waals surface area contributed by atoms with Gasteiger partial charge in [0.2, 0.25) is 5.91 Å². The molecule has 1 atom stereocenters. The van der Waals surface area contributed by atoms with Crippen LogP contribution in [0.5, 0.6) is 0 Å². The molecule has 1 spiro atoms. The second kappa shape index (κ2) is 5.97. The first-order chi connectivity index (χ1) is 11.2. The Morgan fingerprint density at radius 1 is 1.22 bits per heavy atom. The Balaban J connectivity index is 1.40. The van der Waals surface area contributed by atoms with Crippen molar-refractivity contribution in [1.82, 2.24) is 9.80 Å². The number of aryl methyl sites for hydroxylation is 1. The third-order valence-electron chi connectivity index (χ3n) is 5.88. The van der Waals surface area contributed by atoms with Crippen molar-refractivity contribution in [2.24, 2.45) is 11.3 Å². The number of carbonyl (C=O) groups excluding carboxylic acids is 1. The van der Waals surface area contributed by atoms with Crippen molar-refractivity contribution in [2.45, 2.75) is 52.0 Å². The number of piperidine rings is 1. The first-order valence-electron chi connectivity index (χ1n) is 9.28. The van der Waals surface area contributed by atoms with Crippen molar-refractivity contribution in [3.8, 4) is 0 Å². The quantitative estimate of drug-likeness (QED) is 0.838. The molecule has 126 valence electrons. The number of hydrogen-bond donors (Lipinski definition) is 0. The average molecular weight is 316 g/mol. The first-order valence-corrected chi connectivity index (χ1v) is 9.28. The number of rotatable bonds is 5. The number of furan rings is 1. The fourth-order valence-corrected chi connectivity index (χ4v) is 4.33. The van der Waals surface area contributed by atoms with E-state index < -0.39 is 0 Å². The van der Waals surface area contributed by atoms with Gasteiger partial charge < -0.3 is 9.32 Å². The minimum atomic E-state index is -0.104. The Labute approximate surface area is 138 Å². The van der Waals surface area contributed by atoms with Gasteiger partial charge in [-0.3, -0.25) is 9.69 Å². The van der Waals surface area contributed by atoms with Crippen LogP contribution < -0.4 is 0 Å². The summed E-state index contributed by atoms with van der Waals surface area (Å²) in [6, 6.07) is 4.16. The predicted octanol–water partition coefficient (Wildman–Crippen LogP) is 3.07. The molecule has 1 aliphatic carbocycles. The molecule has 1 aromatic heterocycles. The molecular formula is C19H28N2O2. The Morgan fingerprint density at radius 3 is 2.78 bits per heavy atom. The van der Waals surface area contributed by atoms with Crippen molar-refractivity contribution in [3.63, 3.8) is 0 Å². The van der Waals surface area contributed by atoms with Crippen molar-refractivity contribution in [2.75, 3.05) is 26.2 Å². The van der Waals surface area contributed by atoms with Crippen LogP contribution in [0.3, 0.4) is 0 Å². The maximum absolute atomic E-state index is 13.0. The maximum atomic E-state index is 13.0. The van der Waals surface area contributed by atoms with Crippen LogP contribution in [0.2, 0.25) is 0 Å². The molecule has 3 aliphatic rings. The third-order valence-corrected chi connectivity index (χ3v) is 5.88. The van der Waals surface area contributed by atoms with Crippen LogP contribution in [0.25, 0.3) is 0 Å². The third kappa shape index (κ3) is 3.06. The van der Waals surface area contributed by atoms with Crippen LogP contribution in [0, 0.1) is 11.3 Å². The molecule has 4 heteroatoms. The zero-order valence-corrected chi connectivity index (χ0v) is 14.2. The van der Waals surface area contributed by atoms with E-state index in [0.717, 1.165) is 69.4 Å². The highest BCUT2D eigenvalue weighted by Gasteiger charge is 2.48. The molecule has 23 heavy (non-hydrogen) atoms. The van der Waals surface area contributed by atoms with Crippen molar-refractivity contribution in [3.05, 3.63) is 23.7 Å². The summed E-state index contributed by atoms with van der Waals surface area (Å²) in [6.07, 6.45) is 6.85. The van der Waals surface area contributed by atoms with Gasteiger partial charge in [0.15, 0.2) is 0 Å². The zero-order chi connectivity index (χ0) is 15.9. The Bertz CT molecular complexity index is 578. The molecule has 1 aromatic rings. The SMILES string of the molecule is CCc1ccc(CN2CC[C@]3(CCCN(CC4CC4)C3=O)C2)o1. The summed E-state index contributed by atoms with van der Waals surface area (Å²) in [5.41, 5.74) is -0.104. The highest BCUT2D eigenvalue weighted by molar-refractivity contribution is 5.84. The van der Waals surface area contributed by atoms with Crippen molar-refractivity contribution < 1.29 is 9.21 Å². The number of likely N-dealkylation sites (tertiary alicyclic amines) is 2. The average Bonchev–Trinajstić information content (AvgIpc) is 3.10. The van der Waals surface area contributed by atoms with Gasteiger partial charge in [0.25, 0.3) is 0 Å². The summed E-state index contributed by atoms with van der Waals surface area (Å²) >= 11 is 0. The van der Waals surface area contributed by atoms with Crippen molar-refractivity contribution >= 4 is 5.91 Å². The van der Waals surface area contributed by atoms with E-state index in [1.165, 1.54) is 19.3 Å². The van der Waals surface area contributed by atoms with Gasteiger partial charge in [-0.1, -0.05) is 6.92 Å².